The van der Waals surface area contributed by atoms with Crippen molar-refractivity contribution >= 4 is 22.4 Å². The lowest BCUT2D eigenvalue weighted by Crippen LogP contribution is -2.19. The number of anilines is 1. The summed E-state index contributed by atoms with van der Waals surface area (Å²) >= 11 is 1.48. The molecule has 1 aromatic rings. The Morgan fingerprint density at radius 1 is 1.39 bits per heavy atom. The van der Waals surface area contributed by atoms with Crippen molar-refractivity contribution in [3.8, 4) is 0 Å². The molecule has 5 heteroatoms. The van der Waals surface area contributed by atoms with Crippen LogP contribution < -0.4 is 5.32 Å². The molecule has 18 heavy (non-hydrogen) atoms. The number of nitrogens with one attached hydrogen (secondary N) is 1. The smallest absolute Gasteiger partial charge is 0.226 e. The molecule has 0 aromatic carbocycles. The van der Waals surface area contributed by atoms with Crippen LogP contribution in [0.2, 0.25) is 0 Å². The van der Waals surface area contributed by atoms with Crippen LogP contribution in [-0.4, -0.2) is 16.1 Å². The normalized spacial score (nSPS) is 13.4. The minimum atomic E-state index is -0.00684. The standard InChI is InChI=1S/C13H23N3OS/c1-6-7-9(2)11-15-16-12(18-11)14-10(17)8-13(3,4)5/h9H,6-8H2,1-5H3,(H,14,16,17)/t9-/m1/s1. The van der Waals surface area contributed by atoms with Gasteiger partial charge in [-0.2, -0.15) is 0 Å². The number of carbonyl (C=O) groups excluding carboxylic acids is 1. The van der Waals surface area contributed by atoms with Crippen molar-refractivity contribution in [2.45, 2.75) is 59.8 Å². The SMILES string of the molecule is CCC[C@@H](C)c1nnc(NC(=O)CC(C)(C)C)s1. The fourth-order valence-corrected chi connectivity index (χ4v) is 2.53. The van der Waals surface area contributed by atoms with Crippen molar-refractivity contribution in [3.05, 3.63) is 5.01 Å². The average molecular weight is 269 g/mol. The number of rotatable bonds is 5. The minimum absolute atomic E-state index is 0.00684. The molecule has 0 unspecified atom stereocenters. The third kappa shape index (κ3) is 5.12. The van der Waals surface area contributed by atoms with E-state index in [1.807, 2.05) is 20.8 Å². The van der Waals surface area contributed by atoms with Crippen molar-refractivity contribution < 1.29 is 4.79 Å². The van der Waals surface area contributed by atoms with E-state index in [2.05, 4.69) is 29.4 Å². The van der Waals surface area contributed by atoms with Gasteiger partial charge in [-0.25, -0.2) is 0 Å². The third-order valence-electron chi connectivity index (χ3n) is 2.52. The van der Waals surface area contributed by atoms with Crippen LogP contribution in [0, 0.1) is 5.41 Å². The largest absolute Gasteiger partial charge is 0.301 e. The van der Waals surface area contributed by atoms with Crippen LogP contribution in [0.15, 0.2) is 0 Å². The van der Waals surface area contributed by atoms with E-state index in [0.717, 1.165) is 17.8 Å². The fraction of sp³-hybridized carbons (Fsp3) is 0.769. The molecule has 102 valence electrons. The molecule has 1 aromatic heterocycles. The number of carbonyl (C=O) groups is 1. The maximum atomic E-state index is 11.8. The van der Waals surface area contributed by atoms with E-state index in [0.29, 0.717) is 17.5 Å². The van der Waals surface area contributed by atoms with E-state index in [9.17, 15) is 4.79 Å². The average Bonchev–Trinajstić information content (AvgIpc) is 2.63. The molecule has 0 aliphatic rings. The van der Waals surface area contributed by atoms with Gasteiger partial charge in [0.25, 0.3) is 0 Å². The van der Waals surface area contributed by atoms with Crippen LogP contribution in [0.25, 0.3) is 0 Å². The first kappa shape index (κ1) is 15.1. The molecule has 1 N–H and O–H groups in total. The molecule has 0 saturated carbocycles. The van der Waals surface area contributed by atoms with Crippen LogP contribution in [0.4, 0.5) is 5.13 Å². The molecular formula is C13H23N3OS. The number of hydrogen-bond donors (Lipinski definition) is 1. The summed E-state index contributed by atoms with van der Waals surface area (Å²) in [6.45, 7) is 10.4. The number of amides is 1. The summed E-state index contributed by atoms with van der Waals surface area (Å²) in [6, 6.07) is 0. The van der Waals surface area contributed by atoms with Gasteiger partial charge in [-0.15, -0.1) is 10.2 Å². The Kier molecular flexibility index (Phi) is 5.26. The molecule has 1 heterocycles. The highest BCUT2D eigenvalue weighted by molar-refractivity contribution is 7.15. The Labute approximate surface area is 113 Å². The summed E-state index contributed by atoms with van der Waals surface area (Å²) in [5.41, 5.74) is -0.00684. The molecule has 0 radical (unpaired) electrons. The van der Waals surface area contributed by atoms with Crippen LogP contribution in [0.1, 0.15) is 64.8 Å². The Bertz CT molecular complexity index is 395. The number of hydrogen-bond acceptors (Lipinski definition) is 4. The highest BCUT2D eigenvalue weighted by Gasteiger charge is 2.18. The lowest BCUT2D eigenvalue weighted by Gasteiger charge is -2.16. The van der Waals surface area contributed by atoms with Gasteiger partial charge in [0.15, 0.2) is 0 Å². The second-order valence-electron chi connectivity index (χ2n) is 5.92. The first-order valence-electron chi connectivity index (χ1n) is 6.45. The zero-order valence-electron chi connectivity index (χ0n) is 11.9. The van der Waals surface area contributed by atoms with E-state index in [1.54, 1.807) is 0 Å². The molecule has 1 atom stereocenters. The van der Waals surface area contributed by atoms with Crippen molar-refractivity contribution in [1.82, 2.24) is 10.2 Å². The summed E-state index contributed by atoms with van der Waals surface area (Å²) in [7, 11) is 0. The molecule has 0 aliphatic heterocycles. The van der Waals surface area contributed by atoms with Crippen LogP contribution in [-0.2, 0) is 4.79 Å². The summed E-state index contributed by atoms with van der Waals surface area (Å²) in [5, 5.41) is 12.6. The number of nitrogens with zero attached hydrogens (tertiary/aromatic N) is 2. The quantitative estimate of drug-likeness (QED) is 0.884. The Balaban J connectivity index is 2.56. The van der Waals surface area contributed by atoms with Crippen molar-refractivity contribution in [1.29, 1.82) is 0 Å². The van der Waals surface area contributed by atoms with Gasteiger partial charge in [0.1, 0.15) is 5.01 Å². The van der Waals surface area contributed by atoms with Gasteiger partial charge >= 0.3 is 0 Å². The summed E-state index contributed by atoms with van der Waals surface area (Å²) in [4.78, 5) is 11.8. The van der Waals surface area contributed by atoms with Gasteiger partial charge in [-0.3, -0.25) is 4.79 Å². The van der Waals surface area contributed by atoms with Crippen molar-refractivity contribution in [2.24, 2.45) is 5.41 Å². The van der Waals surface area contributed by atoms with Gasteiger partial charge < -0.3 is 5.32 Å². The molecule has 0 aliphatic carbocycles. The Morgan fingerprint density at radius 3 is 2.61 bits per heavy atom. The maximum Gasteiger partial charge on any atom is 0.226 e. The number of aromatic nitrogens is 2. The fourth-order valence-electron chi connectivity index (χ4n) is 1.69. The summed E-state index contributed by atoms with van der Waals surface area (Å²) in [6.07, 6.45) is 2.73. The van der Waals surface area contributed by atoms with E-state index < -0.39 is 0 Å². The van der Waals surface area contributed by atoms with E-state index in [-0.39, 0.29) is 11.3 Å². The van der Waals surface area contributed by atoms with Gasteiger partial charge in [-0.1, -0.05) is 52.4 Å². The molecule has 0 bridgehead atoms. The van der Waals surface area contributed by atoms with Crippen molar-refractivity contribution in [2.75, 3.05) is 5.32 Å². The second-order valence-corrected chi connectivity index (χ2v) is 6.93. The van der Waals surface area contributed by atoms with E-state index in [1.165, 1.54) is 11.3 Å². The Hall–Kier alpha value is -0.970. The lowest BCUT2D eigenvalue weighted by molar-refractivity contribution is -0.117. The monoisotopic (exact) mass is 269 g/mol. The molecular weight excluding hydrogens is 246 g/mol. The highest BCUT2D eigenvalue weighted by Crippen LogP contribution is 2.27. The first-order chi connectivity index (χ1) is 8.31. The molecule has 1 rings (SSSR count). The zero-order valence-corrected chi connectivity index (χ0v) is 12.7. The highest BCUT2D eigenvalue weighted by atomic mass is 32.1. The minimum Gasteiger partial charge on any atom is -0.301 e. The van der Waals surface area contributed by atoms with Crippen LogP contribution >= 0.6 is 11.3 Å². The van der Waals surface area contributed by atoms with Crippen molar-refractivity contribution in [3.63, 3.8) is 0 Å². The predicted octanol–water partition coefficient (Wildman–Crippen LogP) is 3.82. The summed E-state index contributed by atoms with van der Waals surface area (Å²) in [5.74, 6) is 0.425. The van der Waals surface area contributed by atoms with Crippen LogP contribution in [0.3, 0.4) is 0 Å². The zero-order chi connectivity index (χ0) is 13.8. The van der Waals surface area contributed by atoms with Gasteiger partial charge in [0, 0.05) is 12.3 Å². The van der Waals surface area contributed by atoms with E-state index >= 15 is 0 Å². The molecule has 0 fully saturated rings. The van der Waals surface area contributed by atoms with Crippen LogP contribution in [0.5, 0.6) is 0 Å². The van der Waals surface area contributed by atoms with Gasteiger partial charge in [-0.05, 0) is 11.8 Å². The topological polar surface area (TPSA) is 54.9 Å². The van der Waals surface area contributed by atoms with Gasteiger partial charge in [0.2, 0.25) is 11.0 Å². The Morgan fingerprint density at radius 2 is 2.06 bits per heavy atom. The summed E-state index contributed by atoms with van der Waals surface area (Å²) < 4.78 is 0. The molecule has 4 nitrogen and oxygen atoms in total. The molecule has 1 amide bonds. The molecule has 0 spiro atoms. The predicted molar refractivity (Wildman–Crippen MR) is 75.9 cm³/mol. The third-order valence-corrected chi connectivity index (χ3v) is 3.59. The maximum absolute atomic E-state index is 11.8. The molecule has 0 saturated heterocycles. The first-order valence-corrected chi connectivity index (χ1v) is 7.26. The lowest BCUT2D eigenvalue weighted by atomic mass is 9.92. The van der Waals surface area contributed by atoms with E-state index in [4.69, 9.17) is 0 Å². The van der Waals surface area contributed by atoms with Gasteiger partial charge in [0.05, 0.1) is 0 Å². The second kappa shape index (κ2) is 6.27.